The molecular formula is C28H45N9O5. The normalized spacial score (nSPS) is 22.9. The fraction of sp³-hybridized carbons (Fsp3) is 0.571. The Kier molecular flexibility index (Phi) is 14.8. The van der Waals surface area contributed by atoms with E-state index in [1.807, 2.05) is 30.3 Å². The molecule has 1 fully saturated rings. The van der Waals surface area contributed by atoms with E-state index in [-0.39, 0.29) is 31.6 Å². The van der Waals surface area contributed by atoms with E-state index in [0.717, 1.165) is 5.56 Å². The average Bonchev–Trinajstić information content (AvgIpc) is 2.99. The molecule has 1 aliphatic heterocycles. The molecule has 0 aromatic heterocycles. The maximum Gasteiger partial charge on any atom is 0.243 e. The van der Waals surface area contributed by atoms with Gasteiger partial charge in [0.2, 0.25) is 29.5 Å². The Morgan fingerprint density at radius 1 is 0.833 bits per heavy atom. The summed E-state index contributed by atoms with van der Waals surface area (Å²) in [4.78, 5) is 69.7. The standard InChI is InChI=1S/C28H45N9O5/c1-3-19-25(40)37-22(16-18-10-5-4-6-11-18)27(42)36-21(12-7-8-14-29)26(41)35-20(13-9-15-32-28(30)31-2)24(39)33-17-23(38)34-19/h4-6,10-11,19-22H,3,7-9,12-17,29H2,1-2H3,(H,33,39)(H,34,38)(H,35,41)(H,36,42)(H,37,40)(H3,30,31,32)/t19-,20-,21-,22+/m0/s1. The Bertz CT molecular complexity index is 1080. The zero-order valence-electron chi connectivity index (χ0n) is 24.4. The van der Waals surface area contributed by atoms with Crippen molar-refractivity contribution in [2.75, 3.05) is 26.7 Å². The molecule has 14 nitrogen and oxygen atoms in total. The number of hydrogen-bond acceptors (Lipinski definition) is 7. The molecule has 0 radical (unpaired) electrons. The summed E-state index contributed by atoms with van der Waals surface area (Å²) in [6.07, 6.45) is 2.55. The van der Waals surface area contributed by atoms with E-state index in [1.54, 1.807) is 6.92 Å². The van der Waals surface area contributed by atoms with Crippen molar-refractivity contribution in [3.8, 4) is 0 Å². The van der Waals surface area contributed by atoms with E-state index in [0.29, 0.717) is 32.4 Å². The molecule has 0 saturated carbocycles. The summed E-state index contributed by atoms with van der Waals surface area (Å²) in [5.41, 5.74) is 12.1. The lowest BCUT2D eigenvalue weighted by Crippen LogP contribution is -2.58. The van der Waals surface area contributed by atoms with Gasteiger partial charge in [0, 0.05) is 20.0 Å². The Hall–Kier alpha value is -4.20. The Morgan fingerprint density at radius 3 is 2.07 bits per heavy atom. The van der Waals surface area contributed by atoms with Gasteiger partial charge in [-0.2, -0.15) is 0 Å². The van der Waals surface area contributed by atoms with Crippen molar-refractivity contribution in [1.29, 1.82) is 0 Å². The van der Waals surface area contributed by atoms with Crippen molar-refractivity contribution in [2.45, 2.75) is 76.0 Å². The van der Waals surface area contributed by atoms with E-state index < -0.39 is 60.2 Å². The summed E-state index contributed by atoms with van der Waals surface area (Å²) in [5.74, 6) is -2.58. The highest BCUT2D eigenvalue weighted by molar-refractivity contribution is 5.97. The number of carbonyl (C=O) groups is 5. The van der Waals surface area contributed by atoms with Crippen molar-refractivity contribution in [3.63, 3.8) is 0 Å². The quantitative estimate of drug-likeness (QED) is 0.0832. The lowest BCUT2D eigenvalue weighted by Gasteiger charge is -2.26. The highest BCUT2D eigenvalue weighted by Crippen LogP contribution is 2.08. The minimum Gasteiger partial charge on any atom is -0.370 e. The molecule has 14 heteroatoms. The van der Waals surface area contributed by atoms with Crippen LogP contribution in [0.2, 0.25) is 0 Å². The van der Waals surface area contributed by atoms with Crippen LogP contribution in [0, 0.1) is 0 Å². The Labute approximate surface area is 246 Å². The third-order valence-corrected chi connectivity index (χ3v) is 6.83. The molecule has 5 amide bonds. The molecule has 0 bridgehead atoms. The number of carbonyl (C=O) groups excluding carboxylic acids is 5. The highest BCUT2D eigenvalue weighted by atomic mass is 16.2. The number of unbranched alkanes of at least 4 members (excludes halogenated alkanes) is 1. The number of hydrogen-bond donors (Lipinski definition) is 8. The van der Waals surface area contributed by atoms with Gasteiger partial charge in [0.25, 0.3) is 0 Å². The summed E-state index contributed by atoms with van der Waals surface area (Å²) in [7, 11) is 1.54. The number of nitrogens with two attached hydrogens (primary N) is 2. The molecule has 1 saturated heterocycles. The fourth-order valence-corrected chi connectivity index (χ4v) is 4.40. The number of rotatable bonds is 11. The lowest BCUT2D eigenvalue weighted by atomic mass is 10.0. The van der Waals surface area contributed by atoms with Gasteiger partial charge >= 0.3 is 0 Å². The van der Waals surface area contributed by atoms with Crippen molar-refractivity contribution in [3.05, 3.63) is 35.9 Å². The van der Waals surface area contributed by atoms with Gasteiger partial charge in [-0.3, -0.25) is 29.0 Å². The fourth-order valence-electron chi connectivity index (χ4n) is 4.40. The van der Waals surface area contributed by atoms with Crippen molar-refractivity contribution in [1.82, 2.24) is 31.9 Å². The molecule has 1 aliphatic rings. The number of nitrogens with zero attached hydrogens (tertiary/aromatic N) is 1. The first kappa shape index (κ1) is 34.0. The molecule has 42 heavy (non-hydrogen) atoms. The van der Waals surface area contributed by atoms with Crippen molar-refractivity contribution < 1.29 is 24.0 Å². The molecule has 0 unspecified atom stereocenters. The van der Waals surface area contributed by atoms with Gasteiger partial charge in [-0.1, -0.05) is 37.3 Å². The maximum absolute atomic E-state index is 13.6. The molecule has 10 N–H and O–H groups in total. The van der Waals surface area contributed by atoms with Crippen LogP contribution in [0.3, 0.4) is 0 Å². The maximum atomic E-state index is 13.6. The molecule has 0 spiro atoms. The third kappa shape index (κ3) is 11.7. The van der Waals surface area contributed by atoms with Gasteiger partial charge in [0.05, 0.1) is 6.54 Å². The van der Waals surface area contributed by atoms with Gasteiger partial charge in [0.15, 0.2) is 5.96 Å². The second-order valence-corrected chi connectivity index (χ2v) is 10.1. The number of amides is 5. The van der Waals surface area contributed by atoms with E-state index >= 15 is 0 Å². The van der Waals surface area contributed by atoms with Crippen LogP contribution in [-0.2, 0) is 30.4 Å². The van der Waals surface area contributed by atoms with Gasteiger partial charge < -0.3 is 43.4 Å². The molecule has 2 rings (SSSR count). The van der Waals surface area contributed by atoms with Gasteiger partial charge in [0.1, 0.15) is 24.2 Å². The second-order valence-electron chi connectivity index (χ2n) is 10.1. The summed E-state index contributed by atoms with van der Waals surface area (Å²) in [6.45, 7) is 2.14. The predicted octanol–water partition coefficient (Wildman–Crippen LogP) is -1.85. The lowest BCUT2D eigenvalue weighted by molar-refractivity contribution is -0.134. The zero-order chi connectivity index (χ0) is 30.9. The molecular weight excluding hydrogens is 542 g/mol. The summed E-state index contributed by atoms with van der Waals surface area (Å²) in [5, 5.41) is 16.3. The minimum atomic E-state index is -1.02. The van der Waals surface area contributed by atoms with Crippen LogP contribution in [0.4, 0.5) is 0 Å². The first-order chi connectivity index (χ1) is 20.2. The number of guanidine groups is 1. The SMILES string of the molecule is CC[C@@H]1NC(=O)CNC(=O)[C@H](CCCNC(N)=NC)NC(=O)[C@H](CCCCN)NC(=O)[C@@H](Cc2ccccc2)NC1=O. The minimum absolute atomic E-state index is 0.166. The monoisotopic (exact) mass is 587 g/mol. The Morgan fingerprint density at radius 2 is 1.43 bits per heavy atom. The van der Waals surface area contributed by atoms with Crippen molar-refractivity contribution >= 4 is 35.5 Å². The van der Waals surface area contributed by atoms with Crippen LogP contribution in [0.15, 0.2) is 35.3 Å². The van der Waals surface area contributed by atoms with Gasteiger partial charge in [-0.25, -0.2) is 0 Å². The van der Waals surface area contributed by atoms with E-state index in [4.69, 9.17) is 11.5 Å². The topological polar surface area (TPSA) is 222 Å². The zero-order valence-corrected chi connectivity index (χ0v) is 24.4. The van der Waals surface area contributed by atoms with E-state index in [2.05, 4.69) is 36.9 Å². The molecule has 1 heterocycles. The van der Waals surface area contributed by atoms with Crippen LogP contribution in [0.1, 0.15) is 51.0 Å². The van der Waals surface area contributed by atoms with Crippen LogP contribution in [0.5, 0.6) is 0 Å². The Balaban J connectivity index is 2.36. The van der Waals surface area contributed by atoms with Crippen molar-refractivity contribution in [2.24, 2.45) is 16.5 Å². The molecule has 232 valence electrons. The van der Waals surface area contributed by atoms with Crippen LogP contribution in [0.25, 0.3) is 0 Å². The average molecular weight is 588 g/mol. The summed E-state index contributed by atoms with van der Waals surface area (Å²) in [6, 6.07) is 5.21. The highest BCUT2D eigenvalue weighted by Gasteiger charge is 2.31. The first-order valence-corrected chi connectivity index (χ1v) is 14.4. The van der Waals surface area contributed by atoms with Gasteiger partial charge in [-0.15, -0.1) is 0 Å². The van der Waals surface area contributed by atoms with E-state index in [1.165, 1.54) is 7.05 Å². The van der Waals surface area contributed by atoms with Crippen LogP contribution in [-0.4, -0.2) is 86.3 Å². The van der Waals surface area contributed by atoms with E-state index in [9.17, 15) is 24.0 Å². The third-order valence-electron chi connectivity index (χ3n) is 6.83. The first-order valence-electron chi connectivity index (χ1n) is 14.4. The molecule has 4 atom stereocenters. The number of nitrogens with one attached hydrogen (secondary N) is 6. The van der Waals surface area contributed by atoms with Crippen LogP contribution < -0.4 is 43.4 Å². The molecule has 1 aromatic carbocycles. The van der Waals surface area contributed by atoms with Gasteiger partial charge in [-0.05, 0) is 50.6 Å². The predicted molar refractivity (Wildman–Crippen MR) is 159 cm³/mol. The molecule has 0 aliphatic carbocycles. The second kappa shape index (κ2) is 18.3. The number of benzene rings is 1. The summed E-state index contributed by atoms with van der Waals surface area (Å²) >= 11 is 0. The van der Waals surface area contributed by atoms with Crippen LogP contribution >= 0.6 is 0 Å². The largest absolute Gasteiger partial charge is 0.370 e. The summed E-state index contributed by atoms with van der Waals surface area (Å²) < 4.78 is 0. The number of aliphatic imine (C=N–C) groups is 1. The smallest absolute Gasteiger partial charge is 0.243 e. The molecule has 1 aromatic rings.